The summed E-state index contributed by atoms with van der Waals surface area (Å²) in [6.45, 7) is 0. The van der Waals surface area contributed by atoms with E-state index in [4.69, 9.17) is 4.98 Å². The van der Waals surface area contributed by atoms with Gasteiger partial charge in [0.25, 0.3) is 0 Å². The molecule has 0 fully saturated rings. The second-order valence-corrected chi connectivity index (χ2v) is 18.7. The second kappa shape index (κ2) is 16.0. The molecule has 0 atom stereocenters. The van der Waals surface area contributed by atoms with Crippen LogP contribution in [0.25, 0.3) is 133 Å². The molecule has 0 unspecified atom stereocenters. The fourth-order valence-corrected chi connectivity index (χ4v) is 12.0. The first-order valence-corrected chi connectivity index (χ1v) is 24.6. The normalized spacial score (nSPS) is 11.8. The lowest BCUT2D eigenvalue weighted by Gasteiger charge is -2.20. The number of benzene rings is 9. The predicted molar refractivity (Wildman–Crippen MR) is 300 cm³/mol. The Labute approximate surface area is 423 Å². The minimum atomic E-state index is 0.333. The third-order valence-electron chi connectivity index (χ3n) is 14.9. The molecule has 9 aromatic carbocycles. The van der Waals surface area contributed by atoms with Gasteiger partial charge in [-0.3, -0.25) is 4.98 Å². The van der Waals surface area contributed by atoms with Gasteiger partial charge < -0.3 is 18.3 Å². The van der Waals surface area contributed by atoms with Crippen molar-refractivity contribution in [3.63, 3.8) is 0 Å². The summed E-state index contributed by atoms with van der Waals surface area (Å²) in [5, 5.41) is 32.3. The summed E-state index contributed by atoms with van der Waals surface area (Å²) in [7, 11) is 0. The van der Waals surface area contributed by atoms with E-state index >= 15 is 0 Å². The van der Waals surface area contributed by atoms with Crippen LogP contribution < -0.4 is 0 Å². The highest BCUT2D eigenvalue weighted by Crippen LogP contribution is 2.47. The maximum absolute atomic E-state index is 11.8. The van der Waals surface area contributed by atoms with Crippen LogP contribution in [0.4, 0.5) is 0 Å². The van der Waals surface area contributed by atoms with Crippen molar-refractivity contribution < 1.29 is 0 Å². The van der Waals surface area contributed by atoms with Crippen molar-refractivity contribution in [1.29, 1.82) is 10.5 Å². The van der Waals surface area contributed by atoms with E-state index in [0.717, 1.165) is 98.6 Å². The number of nitriles is 2. The number of hydrogen-bond donors (Lipinski definition) is 0. The fourth-order valence-electron chi connectivity index (χ4n) is 12.0. The third-order valence-corrected chi connectivity index (χ3v) is 14.9. The summed E-state index contributed by atoms with van der Waals surface area (Å²) in [6.07, 6.45) is 1.75. The summed E-state index contributed by atoms with van der Waals surface area (Å²) >= 11 is 0. The molecular formula is C66H38N8. The van der Waals surface area contributed by atoms with Gasteiger partial charge in [-0.25, -0.2) is 4.98 Å². The van der Waals surface area contributed by atoms with Crippen LogP contribution in [0.5, 0.6) is 0 Å². The monoisotopic (exact) mass is 942 g/mol. The molecule has 0 aliphatic heterocycles. The maximum Gasteiger partial charge on any atom is 0.102 e. The molecular weight excluding hydrogens is 905 g/mol. The van der Waals surface area contributed by atoms with Gasteiger partial charge in [0.1, 0.15) is 12.1 Å². The number of rotatable bonds is 6. The first-order valence-electron chi connectivity index (χ1n) is 24.6. The van der Waals surface area contributed by atoms with Crippen LogP contribution in [0.2, 0.25) is 0 Å². The number of hydrogen-bond acceptors (Lipinski definition) is 4. The van der Waals surface area contributed by atoms with Crippen LogP contribution >= 0.6 is 0 Å². The fraction of sp³-hybridized carbons (Fsp3) is 0. The van der Waals surface area contributed by atoms with Crippen LogP contribution in [-0.4, -0.2) is 28.2 Å². The van der Waals surface area contributed by atoms with Gasteiger partial charge in [-0.15, -0.1) is 0 Å². The molecule has 74 heavy (non-hydrogen) atoms. The lowest BCUT2D eigenvalue weighted by Crippen LogP contribution is -2.08. The largest absolute Gasteiger partial charge is 0.309 e. The van der Waals surface area contributed by atoms with Crippen molar-refractivity contribution in [3.8, 4) is 57.5 Å². The Hall–Kier alpha value is -10.5. The highest BCUT2D eigenvalue weighted by Gasteiger charge is 2.29. The van der Waals surface area contributed by atoms with E-state index in [1.54, 1.807) is 6.20 Å². The lowest BCUT2D eigenvalue weighted by molar-refractivity contribution is 1.11. The smallest absolute Gasteiger partial charge is 0.102 e. The van der Waals surface area contributed by atoms with E-state index in [1.165, 1.54) is 0 Å². The van der Waals surface area contributed by atoms with Gasteiger partial charge in [0.05, 0.1) is 83.7 Å². The van der Waals surface area contributed by atoms with Crippen molar-refractivity contribution in [1.82, 2.24) is 28.2 Å². The van der Waals surface area contributed by atoms with E-state index in [1.807, 2.05) is 48.5 Å². The molecule has 0 spiro atoms. The van der Waals surface area contributed by atoms with Crippen LogP contribution in [-0.2, 0) is 0 Å². The number of para-hydroxylation sites is 6. The highest BCUT2D eigenvalue weighted by molar-refractivity contribution is 6.30. The molecule has 0 radical (unpaired) electrons. The van der Waals surface area contributed by atoms with Crippen molar-refractivity contribution in [2.45, 2.75) is 0 Å². The molecule has 8 nitrogen and oxygen atoms in total. The van der Waals surface area contributed by atoms with Crippen LogP contribution in [0.15, 0.2) is 231 Å². The first kappa shape index (κ1) is 41.3. The lowest BCUT2D eigenvalue weighted by atomic mass is 9.94. The van der Waals surface area contributed by atoms with Gasteiger partial charge in [-0.2, -0.15) is 10.5 Å². The average molecular weight is 943 g/mol. The molecule has 8 heteroatoms. The molecule has 0 N–H and O–H groups in total. The Morgan fingerprint density at radius 3 is 1.09 bits per heavy atom. The molecule has 0 saturated heterocycles. The van der Waals surface area contributed by atoms with Crippen LogP contribution in [0, 0.1) is 22.7 Å². The molecule has 0 bridgehead atoms. The van der Waals surface area contributed by atoms with Gasteiger partial charge in [0, 0.05) is 66.2 Å². The molecule has 0 aliphatic carbocycles. The minimum absolute atomic E-state index is 0.333. The number of aromatic nitrogens is 6. The van der Waals surface area contributed by atoms with Gasteiger partial charge in [-0.05, 0) is 103 Å². The standard InChI is InChI=1S/C66H38N8/c67-39-47-60(73-54-31-13-9-24-45(54)65-58(73)35-33-56-63(65)43-22-7-11-29-52(43)71(56)41-18-3-1-4-19-41)38-61(48(40-68)62(47)51-28-17-27-50(70-51)49-26-15-16-37-69-49)74-55-32-14-10-25-46(55)66-59(74)36-34-57-64(66)44-23-8-12-30-53(44)72(57)42-20-5-2-6-21-42/h1-38H. The maximum atomic E-state index is 11.8. The zero-order chi connectivity index (χ0) is 49.0. The van der Waals surface area contributed by atoms with Crippen molar-refractivity contribution >= 4 is 87.2 Å². The summed E-state index contributed by atoms with van der Waals surface area (Å²) in [5.41, 5.74) is 14.4. The van der Waals surface area contributed by atoms with Gasteiger partial charge >= 0.3 is 0 Å². The van der Waals surface area contributed by atoms with E-state index in [0.29, 0.717) is 45.1 Å². The number of nitrogens with zero attached hydrogens (tertiary/aromatic N) is 8. The van der Waals surface area contributed by atoms with E-state index in [9.17, 15) is 10.5 Å². The summed E-state index contributed by atoms with van der Waals surface area (Å²) in [5.74, 6) is 0. The zero-order valence-electron chi connectivity index (χ0n) is 39.5. The Bertz CT molecular complexity index is 4640. The Balaban J connectivity index is 1.11. The summed E-state index contributed by atoms with van der Waals surface area (Å²) in [6, 6.07) is 82.8. The highest BCUT2D eigenvalue weighted by atomic mass is 15.0. The van der Waals surface area contributed by atoms with Crippen LogP contribution in [0.1, 0.15) is 11.1 Å². The third kappa shape index (κ3) is 5.76. The van der Waals surface area contributed by atoms with Crippen molar-refractivity contribution in [3.05, 3.63) is 242 Å². The molecule has 15 aromatic rings. The molecule has 342 valence electrons. The predicted octanol–water partition coefficient (Wildman–Crippen LogP) is 15.9. The number of fused-ring (bicyclic) bond motifs is 14. The second-order valence-electron chi connectivity index (χ2n) is 18.7. The SMILES string of the molecule is N#Cc1c(-n2c3ccccc3c3c4c5ccccc5n(-c5ccccc5)c4ccc32)cc(-n2c3ccccc3c3c4c5ccccc5n(-c5ccccc5)c4ccc32)c(C#N)c1-c1cccc(-c2ccccn2)n1. The molecule has 0 amide bonds. The number of pyridine rings is 2. The summed E-state index contributed by atoms with van der Waals surface area (Å²) < 4.78 is 9.14. The Morgan fingerprint density at radius 1 is 0.311 bits per heavy atom. The van der Waals surface area contributed by atoms with Crippen molar-refractivity contribution in [2.75, 3.05) is 0 Å². The van der Waals surface area contributed by atoms with Gasteiger partial charge in [-0.1, -0.05) is 121 Å². The first-order chi connectivity index (χ1) is 36.7. The Kier molecular flexibility index (Phi) is 8.92. The quantitative estimate of drug-likeness (QED) is 0.166. The average Bonchev–Trinajstić information content (AvgIpc) is 4.27. The molecule has 6 aromatic heterocycles. The van der Waals surface area contributed by atoms with E-state index in [-0.39, 0.29) is 0 Å². The van der Waals surface area contributed by atoms with Crippen LogP contribution in [0.3, 0.4) is 0 Å². The minimum Gasteiger partial charge on any atom is -0.309 e. The molecule has 6 heterocycles. The molecule has 0 saturated carbocycles. The van der Waals surface area contributed by atoms with Crippen molar-refractivity contribution in [2.24, 2.45) is 0 Å². The zero-order valence-corrected chi connectivity index (χ0v) is 39.5. The van der Waals surface area contributed by atoms with Gasteiger partial charge in [0.15, 0.2) is 0 Å². The van der Waals surface area contributed by atoms with E-state index < -0.39 is 0 Å². The molecule has 15 rings (SSSR count). The van der Waals surface area contributed by atoms with Gasteiger partial charge in [0.2, 0.25) is 0 Å². The molecule has 0 aliphatic rings. The topological polar surface area (TPSA) is 93.1 Å². The summed E-state index contributed by atoms with van der Waals surface area (Å²) in [4.78, 5) is 9.90. The van der Waals surface area contributed by atoms with E-state index in [2.05, 4.69) is 211 Å². The Morgan fingerprint density at radius 2 is 0.676 bits per heavy atom.